The number of hydrogen-bond donors (Lipinski definition) is 1. The van der Waals surface area contributed by atoms with Crippen molar-refractivity contribution in [2.75, 3.05) is 0 Å². The van der Waals surface area contributed by atoms with Crippen LogP contribution in [0.15, 0.2) is 6.20 Å². The molecule has 2 N–H and O–H groups in total. The van der Waals surface area contributed by atoms with Gasteiger partial charge in [0.15, 0.2) is 0 Å². The van der Waals surface area contributed by atoms with Crippen molar-refractivity contribution in [3.63, 3.8) is 0 Å². The summed E-state index contributed by atoms with van der Waals surface area (Å²) in [7, 11) is 1.88. The van der Waals surface area contributed by atoms with Crippen LogP contribution in [0, 0.1) is 11.3 Å². The molecule has 1 aromatic rings. The Bertz CT molecular complexity index is 311. The van der Waals surface area contributed by atoms with Crippen LogP contribution in [0.3, 0.4) is 0 Å². The van der Waals surface area contributed by atoms with Gasteiger partial charge in [-0.25, -0.2) is 0 Å². The third kappa shape index (κ3) is 3.02. The molecule has 0 saturated heterocycles. The van der Waals surface area contributed by atoms with E-state index in [1.165, 1.54) is 0 Å². The predicted octanol–water partition coefficient (Wildman–Crippen LogP) is 1.89. The van der Waals surface area contributed by atoms with Gasteiger partial charge in [0.25, 0.3) is 0 Å². The maximum Gasteiger partial charge on any atom is 0.0751 e. The summed E-state index contributed by atoms with van der Waals surface area (Å²) < 4.78 is 1.75. The minimum atomic E-state index is 0.0271. The second-order valence-corrected chi connectivity index (χ2v) is 5.39. The second kappa shape index (κ2) is 4.31. The van der Waals surface area contributed by atoms with Gasteiger partial charge in [0.05, 0.1) is 11.9 Å². The van der Waals surface area contributed by atoms with Crippen molar-refractivity contribution in [2.45, 2.75) is 40.2 Å². The van der Waals surface area contributed by atoms with Crippen LogP contribution >= 0.6 is 0 Å². The number of aryl methyl sites for hydroxylation is 1. The van der Waals surface area contributed by atoms with Gasteiger partial charge in [0, 0.05) is 13.1 Å². The number of nitrogens with zero attached hydrogens (tertiary/aromatic N) is 3. The van der Waals surface area contributed by atoms with Crippen molar-refractivity contribution in [3.8, 4) is 0 Å². The third-order valence-corrected chi connectivity index (χ3v) is 3.22. The molecule has 0 bridgehead atoms. The number of rotatable bonds is 3. The van der Waals surface area contributed by atoms with Crippen LogP contribution in [0.4, 0.5) is 0 Å². The van der Waals surface area contributed by atoms with E-state index in [2.05, 4.69) is 38.0 Å². The highest BCUT2D eigenvalue weighted by molar-refractivity contribution is 5.01. The van der Waals surface area contributed by atoms with Gasteiger partial charge in [-0.05, 0) is 17.8 Å². The molecule has 0 fully saturated rings. The molecule has 0 aliphatic carbocycles. The van der Waals surface area contributed by atoms with E-state index in [9.17, 15) is 0 Å². The summed E-state index contributed by atoms with van der Waals surface area (Å²) in [4.78, 5) is 0. The highest BCUT2D eigenvalue weighted by Gasteiger charge is 2.23. The van der Waals surface area contributed by atoms with E-state index in [0.29, 0.717) is 11.3 Å². The monoisotopic (exact) mass is 210 g/mol. The first-order valence-electron chi connectivity index (χ1n) is 5.42. The summed E-state index contributed by atoms with van der Waals surface area (Å²) in [6.07, 6.45) is 2.71. The van der Waals surface area contributed by atoms with Crippen LogP contribution in [-0.4, -0.2) is 15.0 Å². The van der Waals surface area contributed by atoms with Crippen molar-refractivity contribution in [2.24, 2.45) is 24.1 Å². The average molecular weight is 210 g/mol. The van der Waals surface area contributed by atoms with E-state index in [1.54, 1.807) is 10.9 Å². The smallest absolute Gasteiger partial charge is 0.0751 e. The molecule has 1 heterocycles. The molecule has 1 aromatic heterocycles. The second-order valence-electron chi connectivity index (χ2n) is 5.39. The Morgan fingerprint density at radius 3 is 2.47 bits per heavy atom. The zero-order valence-electron chi connectivity index (χ0n) is 10.4. The molecule has 0 aromatic carbocycles. The van der Waals surface area contributed by atoms with Crippen LogP contribution in [0.1, 0.15) is 45.9 Å². The van der Waals surface area contributed by atoms with Gasteiger partial charge in [-0.15, -0.1) is 5.10 Å². The number of nitrogens with two attached hydrogens (primary N) is 1. The van der Waals surface area contributed by atoms with Crippen molar-refractivity contribution >= 4 is 0 Å². The summed E-state index contributed by atoms with van der Waals surface area (Å²) in [5.74, 6) is 0.572. The quantitative estimate of drug-likeness (QED) is 0.828. The summed E-state index contributed by atoms with van der Waals surface area (Å²) in [5, 5.41) is 7.74. The van der Waals surface area contributed by atoms with E-state index >= 15 is 0 Å². The van der Waals surface area contributed by atoms with E-state index < -0.39 is 0 Å². The lowest BCUT2D eigenvalue weighted by molar-refractivity contribution is 0.232. The Labute approximate surface area is 91.9 Å². The normalized spacial score (nSPS) is 16.4. The Kier molecular flexibility index (Phi) is 3.50. The van der Waals surface area contributed by atoms with E-state index in [1.807, 2.05) is 7.05 Å². The highest BCUT2D eigenvalue weighted by Crippen LogP contribution is 2.31. The molecule has 0 aliphatic rings. The molecule has 0 spiro atoms. The Morgan fingerprint density at radius 2 is 2.07 bits per heavy atom. The van der Waals surface area contributed by atoms with Crippen LogP contribution in [-0.2, 0) is 7.05 Å². The molecule has 4 nitrogen and oxygen atoms in total. The summed E-state index contributed by atoms with van der Waals surface area (Å²) in [6, 6.07) is 0.0271. The first kappa shape index (κ1) is 12.2. The zero-order chi connectivity index (χ0) is 11.6. The van der Waals surface area contributed by atoms with Gasteiger partial charge in [0.2, 0.25) is 0 Å². The fourth-order valence-electron chi connectivity index (χ4n) is 1.49. The number of aromatic nitrogens is 3. The van der Waals surface area contributed by atoms with E-state index in [0.717, 1.165) is 12.1 Å². The molecular weight excluding hydrogens is 188 g/mol. The fraction of sp³-hybridized carbons (Fsp3) is 0.818. The molecule has 0 saturated carbocycles. The minimum Gasteiger partial charge on any atom is -0.323 e. The maximum absolute atomic E-state index is 6.14. The molecule has 15 heavy (non-hydrogen) atoms. The lowest BCUT2D eigenvalue weighted by atomic mass is 9.78. The van der Waals surface area contributed by atoms with Crippen LogP contribution in [0.5, 0.6) is 0 Å². The van der Waals surface area contributed by atoms with Gasteiger partial charge >= 0.3 is 0 Å². The van der Waals surface area contributed by atoms with Crippen molar-refractivity contribution in [3.05, 3.63) is 11.9 Å². The molecule has 2 atom stereocenters. The summed E-state index contributed by atoms with van der Waals surface area (Å²) in [5.41, 5.74) is 7.44. The molecule has 0 aliphatic heterocycles. The third-order valence-electron chi connectivity index (χ3n) is 3.22. The van der Waals surface area contributed by atoms with Crippen LogP contribution < -0.4 is 5.73 Å². The first-order valence-corrected chi connectivity index (χ1v) is 5.42. The Hall–Kier alpha value is -0.900. The summed E-state index contributed by atoms with van der Waals surface area (Å²) >= 11 is 0. The predicted molar refractivity (Wildman–Crippen MR) is 61.2 cm³/mol. The van der Waals surface area contributed by atoms with Gasteiger partial charge in [-0.1, -0.05) is 32.9 Å². The molecule has 0 radical (unpaired) electrons. The highest BCUT2D eigenvalue weighted by atomic mass is 15.4. The molecule has 0 amide bonds. The van der Waals surface area contributed by atoms with Crippen molar-refractivity contribution in [1.82, 2.24) is 15.0 Å². The molecular formula is C11H22N4. The average Bonchev–Trinajstić information content (AvgIpc) is 2.49. The maximum atomic E-state index is 6.14. The summed E-state index contributed by atoms with van der Waals surface area (Å²) in [6.45, 7) is 8.97. The standard InChI is InChI=1S/C11H22N4/c1-8(11(2,3)4)6-9(12)10-7-13-14-15(10)5/h7-9H,6,12H2,1-5H3. The fourth-order valence-corrected chi connectivity index (χ4v) is 1.49. The van der Waals surface area contributed by atoms with E-state index in [-0.39, 0.29) is 6.04 Å². The lowest BCUT2D eigenvalue weighted by Crippen LogP contribution is -2.24. The van der Waals surface area contributed by atoms with Crippen molar-refractivity contribution < 1.29 is 0 Å². The van der Waals surface area contributed by atoms with Gasteiger partial charge in [-0.3, -0.25) is 4.68 Å². The molecule has 2 unspecified atom stereocenters. The largest absolute Gasteiger partial charge is 0.323 e. The minimum absolute atomic E-state index is 0.0271. The molecule has 86 valence electrons. The zero-order valence-corrected chi connectivity index (χ0v) is 10.4. The Morgan fingerprint density at radius 1 is 1.47 bits per heavy atom. The van der Waals surface area contributed by atoms with Gasteiger partial charge in [-0.2, -0.15) is 0 Å². The lowest BCUT2D eigenvalue weighted by Gasteiger charge is -2.29. The molecule has 4 heteroatoms. The van der Waals surface area contributed by atoms with Crippen molar-refractivity contribution in [1.29, 1.82) is 0 Å². The Balaban J connectivity index is 2.64. The van der Waals surface area contributed by atoms with Gasteiger partial charge in [0.1, 0.15) is 0 Å². The van der Waals surface area contributed by atoms with Crippen LogP contribution in [0.25, 0.3) is 0 Å². The first-order chi connectivity index (χ1) is 6.82. The number of hydrogen-bond acceptors (Lipinski definition) is 3. The topological polar surface area (TPSA) is 56.7 Å². The van der Waals surface area contributed by atoms with Crippen LogP contribution in [0.2, 0.25) is 0 Å². The van der Waals surface area contributed by atoms with Gasteiger partial charge < -0.3 is 5.73 Å². The van der Waals surface area contributed by atoms with E-state index in [4.69, 9.17) is 5.73 Å². The SMILES string of the molecule is CC(CC(N)c1cnnn1C)C(C)(C)C. The molecule has 1 rings (SSSR count).